The van der Waals surface area contributed by atoms with E-state index in [0.29, 0.717) is 17.2 Å². The molecule has 0 fully saturated rings. The van der Waals surface area contributed by atoms with Crippen molar-refractivity contribution in [2.45, 2.75) is 6.92 Å². The van der Waals surface area contributed by atoms with E-state index in [0.717, 1.165) is 12.2 Å². The molecule has 0 saturated carbocycles. The summed E-state index contributed by atoms with van der Waals surface area (Å²) in [4.78, 5) is 34.8. The maximum Gasteiger partial charge on any atom is 0.331 e. The minimum absolute atomic E-state index is 0.192. The second-order valence-electron chi connectivity index (χ2n) is 4.53. The Morgan fingerprint density at radius 3 is 1.84 bits per heavy atom. The molecule has 0 saturated heterocycles. The first-order chi connectivity index (χ1) is 12.0. The van der Waals surface area contributed by atoms with Crippen LogP contribution in [0.15, 0.2) is 24.3 Å². The fraction of sp³-hybridized carbons (Fsp3) is 0.353. The Morgan fingerprint density at radius 2 is 1.40 bits per heavy atom. The molecule has 0 radical (unpaired) electrons. The highest BCUT2D eigenvalue weighted by molar-refractivity contribution is 6.00. The second kappa shape index (κ2) is 9.96. The first-order valence-electron chi connectivity index (χ1n) is 7.31. The molecular weight excluding hydrogens is 332 g/mol. The lowest BCUT2D eigenvalue weighted by Crippen LogP contribution is -2.13. The van der Waals surface area contributed by atoms with Crippen molar-refractivity contribution < 1.29 is 38.1 Å². The lowest BCUT2D eigenvalue weighted by Gasteiger charge is -2.13. The van der Waals surface area contributed by atoms with Crippen molar-refractivity contribution in [2.24, 2.45) is 0 Å². The van der Waals surface area contributed by atoms with Gasteiger partial charge in [-0.25, -0.2) is 9.59 Å². The number of carbonyl (C=O) groups is 3. The summed E-state index contributed by atoms with van der Waals surface area (Å²) in [7, 11) is 4.29. The van der Waals surface area contributed by atoms with Gasteiger partial charge < -0.3 is 23.7 Å². The fourth-order valence-electron chi connectivity index (χ4n) is 1.84. The predicted molar refractivity (Wildman–Crippen MR) is 87.2 cm³/mol. The molecule has 0 heterocycles. The van der Waals surface area contributed by atoms with Crippen LogP contribution in [-0.2, 0) is 19.1 Å². The normalized spacial score (nSPS) is 10.2. The summed E-state index contributed by atoms with van der Waals surface area (Å²) in [6, 6.07) is 2.90. The summed E-state index contributed by atoms with van der Waals surface area (Å²) >= 11 is 0. The van der Waals surface area contributed by atoms with Gasteiger partial charge in [-0.15, -0.1) is 0 Å². The zero-order chi connectivity index (χ0) is 18.8. The average molecular weight is 352 g/mol. The molecule has 1 aromatic rings. The third kappa shape index (κ3) is 5.83. The number of hydrogen-bond acceptors (Lipinski definition) is 8. The molecule has 0 spiro atoms. The Kier molecular flexibility index (Phi) is 7.98. The molecule has 1 rings (SSSR count). The van der Waals surface area contributed by atoms with Gasteiger partial charge in [0.2, 0.25) is 11.5 Å². The summed E-state index contributed by atoms with van der Waals surface area (Å²) in [5, 5.41) is 0. The Hall–Kier alpha value is -3.03. The summed E-state index contributed by atoms with van der Waals surface area (Å²) in [5.74, 6) is -1.03. The summed E-state index contributed by atoms with van der Waals surface area (Å²) < 4.78 is 24.9. The van der Waals surface area contributed by atoms with Crippen LogP contribution in [-0.4, -0.2) is 52.3 Å². The SMILES string of the molecule is CCOC(=O)C=CC(=O)OCC(=O)c1cc(OC)c(OC)c(OC)c1. The van der Waals surface area contributed by atoms with Crippen molar-refractivity contribution in [2.75, 3.05) is 34.5 Å². The number of methoxy groups -OCH3 is 3. The molecule has 0 amide bonds. The number of benzene rings is 1. The molecule has 0 N–H and O–H groups in total. The van der Waals surface area contributed by atoms with E-state index in [1.54, 1.807) is 6.92 Å². The van der Waals surface area contributed by atoms with E-state index in [4.69, 9.17) is 18.9 Å². The minimum Gasteiger partial charge on any atom is -0.493 e. The van der Waals surface area contributed by atoms with E-state index < -0.39 is 24.3 Å². The predicted octanol–water partition coefficient (Wildman–Crippen LogP) is 1.56. The van der Waals surface area contributed by atoms with Crippen LogP contribution in [0.4, 0.5) is 0 Å². The largest absolute Gasteiger partial charge is 0.493 e. The van der Waals surface area contributed by atoms with E-state index in [1.807, 2.05) is 0 Å². The maximum atomic E-state index is 12.2. The topological polar surface area (TPSA) is 97.4 Å². The van der Waals surface area contributed by atoms with Crippen LogP contribution in [0.2, 0.25) is 0 Å². The van der Waals surface area contributed by atoms with Crippen molar-refractivity contribution in [1.29, 1.82) is 0 Å². The Morgan fingerprint density at radius 1 is 0.880 bits per heavy atom. The molecule has 0 aliphatic heterocycles. The molecule has 25 heavy (non-hydrogen) atoms. The molecule has 0 aromatic heterocycles. The molecule has 0 atom stereocenters. The number of rotatable bonds is 9. The van der Waals surface area contributed by atoms with Crippen molar-refractivity contribution >= 4 is 17.7 Å². The highest BCUT2D eigenvalue weighted by Crippen LogP contribution is 2.38. The smallest absolute Gasteiger partial charge is 0.331 e. The van der Waals surface area contributed by atoms with Crippen LogP contribution >= 0.6 is 0 Å². The third-order valence-electron chi connectivity index (χ3n) is 2.97. The third-order valence-corrected chi connectivity index (χ3v) is 2.97. The Labute approximate surface area is 145 Å². The van der Waals surface area contributed by atoms with Crippen molar-refractivity contribution in [3.63, 3.8) is 0 Å². The first-order valence-corrected chi connectivity index (χ1v) is 7.31. The lowest BCUT2D eigenvalue weighted by molar-refractivity contribution is -0.139. The minimum atomic E-state index is -0.839. The van der Waals surface area contributed by atoms with E-state index in [-0.39, 0.29) is 12.2 Å². The molecular formula is C17H20O8. The van der Waals surface area contributed by atoms with E-state index >= 15 is 0 Å². The van der Waals surface area contributed by atoms with Crippen LogP contribution in [0, 0.1) is 0 Å². The van der Waals surface area contributed by atoms with Gasteiger partial charge in [0, 0.05) is 17.7 Å². The van der Waals surface area contributed by atoms with Crippen molar-refractivity contribution in [1.82, 2.24) is 0 Å². The van der Waals surface area contributed by atoms with Gasteiger partial charge in [-0.1, -0.05) is 0 Å². The highest BCUT2D eigenvalue weighted by atomic mass is 16.5. The number of carbonyl (C=O) groups excluding carboxylic acids is 3. The molecule has 0 aliphatic carbocycles. The molecule has 1 aromatic carbocycles. The lowest BCUT2D eigenvalue weighted by atomic mass is 10.1. The van der Waals surface area contributed by atoms with Gasteiger partial charge in [-0.05, 0) is 19.1 Å². The number of ketones is 1. The Balaban J connectivity index is 2.78. The van der Waals surface area contributed by atoms with Crippen LogP contribution in [0.5, 0.6) is 17.2 Å². The molecule has 8 heteroatoms. The molecule has 8 nitrogen and oxygen atoms in total. The van der Waals surface area contributed by atoms with Gasteiger partial charge in [-0.3, -0.25) is 4.79 Å². The molecule has 0 bridgehead atoms. The summed E-state index contributed by atoms with van der Waals surface area (Å²) in [5.41, 5.74) is 0.219. The van der Waals surface area contributed by atoms with Gasteiger partial charge in [0.25, 0.3) is 0 Å². The number of esters is 2. The average Bonchev–Trinajstić information content (AvgIpc) is 2.63. The molecule has 136 valence electrons. The quantitative estimate of drug-likeness (QED) is 0.375. The summed E-state index contributed by atoms with van der Waals surface area (Å²) in [6.07, 6.45) is 1.82. The van der Waals surface area contributed by atoms with Crippen LogP contribution < -0.4 is 14.2 Å². The monoisotopic (exact) mass is 352 g/mol. The van der Waals surface area contributed by atoms with Gasteiger partial charge in [0.1, 0.15) is 0 Å². The Bertz CT molecular complexity index is 638. The van der Waals surface area contributed by atoms with E-state index in [1.165, 1.54) is 33.5 Å². The van der Waals surface area contributed by atoms with Crippen LogP contribution in [0.3, 0.4) is 0 Å². The molecule has 0 unspecified atom stereocenters. The van der Waals surface area contributed by atoms with Crippen LogP contribution in [0.1, 0.15) is 17.3 Å². The number of hydrogen-bond donors (Lipinski definition) is 0. The number of ether oxygens (including phenoxy) is 5. The fourth-order valence-corrected chi connectivity index (χ4v) is 1.84. The van der Waals surface area contributed by atoms with Crippen molar-refractivity contribution in [3.05, 3.63) is 29.8 Å². The van der Waals surface area contributed by atoms with E-state index in [9.17, 15) is 14.4 Å². The zero-order valence-electron chi connectivity index (χ0n) is 14.5. The van der Waals surface area contributed by atoms with E-state index in [2.05, 4.69) is 4.74 Å². The molecule has 0 aliphatic rings. The van der Waals surface area contributed by atoms with Crippen LogP contribution in [0.25, 0.3) is 0 Å². The second-order valence-corrected chi connectivity index (χ2v) is 4.53. The van der Waals surface area contributed by atoms with Gasteiger partial charge in [0.15, 0.2) is 18.1 Å². The van der Waals surface area contributed by atoms with Gasteiger partial charge >= 0.3 is 11.9 Å². The van der Waals surface area contributed by atoms with Crippen molar-refractivity contribution in [3.8, 4) is 17.2 Å². The van der Waals surface area contributed by atoms with Gasteiger partial charge in [-0.2, -0.15) is 0 Å². The zero-order valence-corrected chi connectivity index (χ0v) is 14.5. The summed E-state index contributed by atoms with van der Waals surface area (Å²) in [6.45, 7) is 1.32. The highest BCUT2D eigenvalue weighted by Gasteiger charge is 2.17. The number of Topliss-reactive ketones (excluding diaryl/α,β-unsaturated/α-hetero) is 1. The van der Waals surface area contributed by atoms with Gasteiger partial charge in [0.05, 0.1) is 27.9 Å². The first kappa shape index (κ1) is 20.0. The maximum absolute atomic E-state index is 12.2. The standard InChI is InChI=1S/C17H20O8/c1-5-24-15(19)6-7-16(20)25-10-12(18)11-8-13(21-2)17(23-4)14(9-11)22-3/h6-9H,5,10H2,1-4H3.